The Labute approximate surface area is 101 Å². The van der Waals surface area contributed by atoms with Crippen molar-refractivity contribution in [1.29, 1.82) is 0 Å². The minimum Gasteiger partial charge on any atom is -0.298 e. The molecule has 1 nitrogen and oxygen atoms in total. The highest BCUT2D eigenvalue weighted by molar-refractivity contribution is 5.19. The van der Waals surface area contributed by atoms with Crippen LogP contribution in [0.4, 0.5) is 0 Å². The average molecular weight is 219 g/mol. The second-order valence-corrected chi connectivity index (χ2v) is 4.94. The Morgan fingerprint density at radius 2 is 2.19 bits per heavy atom. The maximum Gasteiger partial charge on any atom is 0.0138 e. The van der Waals surface area contributed by atoms with Gasteiger partial charge in [0.25, 0.3) is 0 Å². The van der Waals surface area contributed by atoms with Gasteiger partial charge >= 0.3 is 0 Å². The first kappa shape index (κ1) is 13.2. The second kappa shape index (κ2) is 6.70. The van der Waals surface area contributed by atoms with E-state index in [-0.39, 0.29) is 0 Å². The maximum atomic E-state index is 4.12. The van der Waals surface area contributed by atoms with Crippen LogP contribution < -0.4 is 0 Å². The average Bonchev–Trinajstić information content (AvgIpc) is 2.27. The van der Waals surface area contributed by atoms with Crippen molar-refractivity contribution in [3.63, 3.8) is 0 Å². The first-order chi connectivity index (χ1) is 7.65. The van der Waals surface area contributed by atoms with Gasteiger partial charge in [-0.2, -0.15) is 0 Å². The van der Waals surface area contributed by atoms with Gasteiger partial charge in [0.15, 0.2) is 0 Å². The molecule has 1 saturated heterocycles. The van der Waals surface area contributed by atoms with Gasteiger partial charge < -0.3 is 0 Å². The molecule has 0 spiro atoms. The summed E-state index contributed by atoms with van der Waals surface area (Å²) in [4.78, 5) is 2.62. The molecule has 1 atom stereocenters. The van der Waals surface area contributed by atoms with E-state index in [1.54, 1.807) is 0 Å². The van der Waals surface area contributed by atoms with Gasteiger partial charge in [0.2, 0.25) is 0 Å². The Balaban J connectivity index is 2.52. The third-order valence-corrected chi connectivity index (χ3v) is 3.30. The molecule has 0 amide bonds. The maximum absolute atomic E-state index is 4.12. The smallest absolute Gasteiger partial charge is 0.0138 e. The molecule has 0 bridgehead atoms. The van der Waals surface area contributed by atoms with Gasteiger partial charge in [-0.05, 0) is 39.7 Å². The molecule has 1 aliphatic heterocycles. The van der Waals surface area contributed by atoms with Crippen LogP contribution in [0.25, 0.3) is 0 Å². The summed E-state index contributed by atoms with van der Waals surface area (Å²) in [5.41, 5.74) is 1.22. The van der Waals surface area contributed by atoms with E-state index in [0.29, 0.717) is 12.1 Å². The van der Waals surface area contributed by atoms with Crippen molar-refractivity contribution in [3.8, 4) is 0 Å². The molecule has 90 valence electrons. The van der Waals surface area contributed by atoms with Gasteiger partial charge in [-0.3, -0.25) is 4.90 Å². The van der Waals surface area contributed by atoms with Gasteiger partial charge in [0.1, 0.15) is 0 Å². The molecule has 1 fully saturated rings. The highest BCUT2D eigenvalue weighted by Gasteiger charge is 2.24. The highest BCUT2D eigenvalue weighted by Crippen LogP contribution is 2.24. The molecule has 0 radical (unpaired) electrons. The predicted molar refractivity (Wildman–Crippen MR) is 72.6 cm³/mol. The van der Waals surface area contributed by atoms with Gasteiger partial charge in [0.05, 0.1) is 0 Å². The number of hydrogen-bond acceptors (Lipinski definition) is 1. The van der Waals surface area contributed by atoms with E-state index < -0.39 is 0 Å². The molecule has 0 aliphatic carbocycles. The summed E-state index contributed by atoms with van der Waals surface area (Å²) in [6.07, 6.45) is 11.0. The first-order valence-corrected chi connectivity index (χ1v) is 6.37. The number of allylic oxidation sites excluding steroid dienone is 3. The lowest BCUT2D eigenvalue weighted by molar-refractivity contribution is 0.112. The lowest BCUT2D eigenvalue weighted by atomic mass is 9.94. The molecule has 16 heavy (non-hydrogen) atoms. The van der Waals surface area contributed by atoms with Crippen molar-refractivity contribution in [3.05, 3.63) is 37.0 Å². The van der Waals surface area contributed by atoms with Crippen LogP contribution in [0.1, 0.15) is 39.5 Å². The van der Waals surface area contributed by atoms with Crippen LogP contribution >= 0.6 is 0 Å². The van der Waals surface area contributed by atoms with E-state index >= 15 is 0 Å². The highest BCUT2D eigenvalue weighted by atomic mass is 15.2. The van der Waals surface area contributed by atoms with E-state index in [2.05, 4.69) is 38.0 Å². The van der Waals surface area contributed by atoms with E-state index in [9.17, 15) is 0 Å². The van der Waals surface area contributed by atoms with Gasteiger partial charge in [-0.15, -0.1) is 0 Å². The van der Waals surface area contributed by atoms with E-state index in [1.165, 1.54) is 31.4 Å². The van der Waals surface area contributed by atoms with Crippen LogP contribution in [-0.4, -0.2) is 23.5 Å². The fraction of sp³-hybridized carbons (Fsp3) is 0.600. The quantitative estimate of drug-likeness (QED) is 0.633. The zero-order chi connectivity index (χ0) is 12.0. The van der Waals surface area contributed by atoms with Crippen LogP contribution in [0.2, 0.25) is 0 Å². The van der Waals surface area contributed by atoms with Gasteiger partial charge in [0, 0.05) is 12.1 Å². The molecule has 1 aliphatic rings. The fourth-order valence-electron chi connectivity index (χ4n) is 2.50. The Morgan fingerprint density at radius 1 is 1.44 bits per heavy atom. The number of piperidine rings is 1. The first-order valence-electron chi connectivity index (χ1n) is 6.37. The number of likely N-dealkylation sites (tertiary alicyclic amines) is 1. The molecule has 1 rings (SSSR count). The molecule has 1 unspecified atom stereocenters. The molecule has 1 heteroatoms. The minimum atomic E-state index is 0.654. The summed E-state index contributed by atoms with van der Waals surface area (Å²) >= 11 is 0. The Bertz CT molecular complexity index is 263. The van der Waals surface area contributed by atoms with Crippen molar-refractivity contribution in [2.45, 2.75) is 51.6 Å². The van der Waals surface area contributed by atoms with Crippen molar-refractivity contribution in [2.75, 3.05) is 6.54 Å². The van der Waals surface area contributed by atoms with E-state index in [4.69, 9.17) is 0 Å². The SMILES string of the molecule is C=C/C=C\C(=C)CC1CCCCN1C(C)C. The van der Waals surface area contributed by atoms with Crippen LogP contribution in [0, 0.1) is 0 Å². The normalized spacial score (nSPS) is 22.8. The Kier molecular flexibility index (Phi) is 5.54. The number of hydrogen-bond donors (Lipinski definition) is 0. The topological polar surface area (TPSA) is 3.24 Å². The van der Waals surface area contributed by atoms with E-state index in [0.717, 1.165) is 6.42 Å². The monoisotopic (exact) mass is 219 g/mol. The zero-order valence-electron chi connectivity index (χ0n) is 10.8. The number of nitrogens with zero attached hydrogens (tertiary/aromatic N) is 1. The molecule has 0 aromatic heterocycles. The van der Waals surface area contributed by atoms with Crippen molar-refractivity contribution < 1.29 is 0 Å². The minimum absolute atomic E-state index is 0.654. The molecule has 0 N–H and O–H groups in total. The second-order valence-electron chi connectivity index (χ2n) is 4.94. The van der Waals surface area contributed by atoms with Gasteiger partial charge in [-0.1, -0.05) is 43.4 Å². The molecular formula is C15H25N. The Morgan fingerprint density at radius 3 is 2.81 bits per heavy atom. The Hall–Kier alpha value is -0.820. The summed E-state index contributed by atoms with van der Waals surface area (Å²) < 4.78 is 0. The van der Waals surface area contributed by atoms with Crippen LogP contribution in [-0.2, 0) is 0 Å². The van der Waals surface area contributed by atoms with Crippen molar-refractivity contribution in [2.24, 2.45) is 0 Å². The zero-order valence-corrected chi connectivity index (χ0v) is 10.8. The van der Waals surface area contributed by atoms with Gasteiger partial charge in [-0.25, -0.2) is 0 Å². The predicted octanol–water partition coefficient (Wildman–Crippen LogP) is 3.94. The molecule has 1 heterocycles. The van der Waals surface area contributed by atoms with E-state index in [1.807, 2.05) is 12.2 Å². The lowest BCUT2D eigenvalue weighted by Gasteiger charge is -2.38. The molecule has 0 saturated carbocycles. The van der Waals surface area contributed by atoms with Crippen molar-refractivity contribution >= 4 is 0 Å². The summed E-state index contributed by atoms with van der Waals surface area (Å²) in [6.45, 7) is 13.6. The lowest BCUT2D eigenvalue weighted by Crippen LogP contribution is -2.43. The molecule has 0 aromatic carbocycles. The third kappa shape index (κ3) is 3.97. The van der Waals surface area contributed by atoms with Crippen LogP contribution in [0.5, 0.6) is 0 Å². The summed E-state index contributed by atoms with van der Waals surface area (Å²) in [5.74, 6) is 0. The summed E-state index contributed by atoms with van der Waals surface area (Å²) in [7, 11) is 0. The van der Waals surface area contributed by atoms with Crippen LogP contribution in [0.15, 0.2) is 37.0 Å². The molecular weight excluding hydrogens is 194 g/mol. The summed E-state index contributed by atoms with van der Waals surface area (Å²) in [6, 6.07) is 1.34. The third-order valence-electron chi connectivity index (χ3n) is 3.30. The number of rotatable bonds is 5. The summed E-state index contributed by atoms with van der Waals surface area (Å²) in [5, 5.41) is 0. The fourth-order valence-corrected chi connectivity index (χ4v) is 2.50. The molecule has 0 aromatic rings. The standard InChI is InChI=1S/C15H25N/c1-5-6-9-14(4)12-15-10-7-8-11-16(15)13(2)3/h5-6,9,13,15H,1,4,7-8,10-12H2,2-3H3/b9-6-. The van der Waals surface area contributed by atoms with Crippen molar-refractivity contribution in [1.82, 2.24) is 4.90 Å². The largest absolute Gasteiger partial charge is 0.298 e. The van der Waals surface area contributed by atoms with Crippen LogP contribution in [0.3, 0.4) is 0 Å².